The first-order valence-corrected chi connectivity index (χ1v) is 10.5. The number of hydrogen-bond acceptors (Lipinski definition) is 6. The molecule has 8 heteroatoms. The number of nitrogens with zero attached hydrogens (tertiary/aromatic N) is 3. The van der Waals surface area contributed by atoms with Gasteiger partial charge in [0.1, 0.15) is 11.6 Å². The van der Waals surface area contributed by atoms with E-state index < -0.39 is 5.97 Å². The van der Waals surface area contributed by atoms with Gasteiger partial charge in [0.05, 0.1) is 11.3 Å². The molecule has 0 spiro atoms. The fourth-order valence-electron chi connectivity index (χ4n) is 3.27. The van der Waals surface area contributed by atoms with Gasteiger partial charge >= 0.3 is 5.97 Å². The van der Waals surface area contributed by atoms with E-state index in [1.165, 1.54) is 41.2 Å². The van der Waals surface area contributed by atoms with Gasteiger partial charge in [-0.1, -0.05) is 46.5 Å². The van der Waals surface area contributed by atoms with E-state index in [1.54, 1.807) is 24.3 Å². The zero-order chi connectivity index (χ0) is 18.8. The number of hydrogen-bond donors (Lipinski definition) is 0. The molecule has 0 bridgehead atoms. The number of carbonyl (C=O) groups is 1. The normalized spacial score (nSPS) is 15.1. The molecular formula is C19H18BrN3O3S. The van der Waals surface area contributed by atoms with Crippen LogP contribution in [0.3, 0.4) is 0 Å². The van der Waals surface area contributed by atoms with Crippen LogP contribution in [-0.4, -0.2) is 20.6 Å². The second-order valence-corrected chi connectivity index (χ2v) is 8.54. The Kier molecular flexibility index (Phi) is 5.36. The van der Waals surface area contributed by atoms with Crippen molar-refractivity contribution < 1.29 is 9.53 Å². The van der Waals surface area contributed by atoms with Gasteiger partial charge < -0.3 is 4.74 Å². The third-order valence-electron chi connectivity index (χ3n) is 4.70. The molecule has 0 N–H and O–H groups in total. The highest BCUT2D eigenvalue weighted by atomic mass is 79.9. The van der Waals surface area contributed by atoms with Crippen molar-refractivity contribution >= 4 is 38.2 Å². The molecule has 0 unspecified atom stereocenters. The summed E-state index contributed by atoms with van der Waals surface area (Å²) >= 11 is 4.79. The van der Waals surface area contributed by atoms with Gasteiger partial charge in [-0.05, 0) is 37.1 Å². The van der Waals surface area contributed by atoms with Crippen molar-refractivity contribution in [2.75, 3.05) is 0 Å². The largest absolute Gasteiger partial charge is 0.456 e. The molecule has 2 heterocycles. The summed E-state index contributed by atoms with van der Waals surface area (Å²) in [5, 5.41) is 5.45. The molecule has 27 heavy (non-hydrogen) atoms. The van der Waals surface area contributed by atoms with Gasteiger partial charge in [-0.25, -0.2) is 9.78 Å². The average molecular weight is 448 g/mol. The minimum absolute atomic E-state index is 0.0443. The zero-order valence-electron chi connectivity index (χ0n) is 14.6. The highest BCUT2D eigenvalue weighted by Crippen LogP contribution is 2.34. The molecule has 1 fully saturated rings. The second-order valence-electron chi connectivity index (χ2n) is 6.64. The van der Waals surface area contributed by atoms with Crippen LogP contribution in [0.4, 0.5) is 0 Å². The van der Waals surface area contributed by atoms with E-state index in [2.05, 4.69) is 26.0 Å². The lowest BCUT2D eigenvalue weighted by Gasteiger charge is -2.18. The molecule has 0 radical (unpaired) electrons. The third kappa shape index (κ3) is 4.11. The van der Waals surface area contributed by atoms with Gasteiger partial charge in [-0.15, -0.1) is 0 Å². The summed E-state index contributed by atoms with van der Waals surface area (Å²) in [4.78, 5) is 29.5. The van der Waals surface area contributed by atoms with Crippen LogP contribution in [0.2, 0.25) is 0 Å². The van der Waals surface area contributed by atoms with Crippen LogP contribution >= 0.6 is 27.3 Å². The van der Waals surface area contributed by atoms with Crippen LogP contribution in [0.5, 0.6) is 0 Å². The van der Waals surface area contributed by atoms with Crippen molar-refractivity contribution in [2.24, 2.45) is 0 Å². The lowest BCUT2D eigenvalue weighted by atomic mass is 9.90. The van der Waals surface area contributed by atoms with Gasteiger partial charge in [-0.3, -0.25) is 4.79 Å². The van der Waals surface area contributed by atoms with E-state index in [9.17, 15) is 9.59 Å². The van der Waals surface area contributed by atoms with Crippen LogP contribution in [0.25, 0.3) is 4.96 Å². The van der Waals surface area contributed by atoms with E-state index >= 15 is 0 Å². The van der Waals surface area contributed by atoms with Gasteiger partial charge in [0.15, 0.2) is 0 Å². The first-order chi connectivity index (χ1) is 13.1. The fraction of sp³-hybridized carbons (Fsp3) is 0.368. The average Bonchev–Trinajstić information content (AvgIpc) is 3.12. The molecule has 1 aromatic carbocycles. The Balaban J connectivity index is 1.51. The second kappa shape index (κ2) is 7.90. The van der Waals surface area contributed by atoms with E-state index in [-0.39, 0.29) is 12.2 Å². The number of benzene rings is 1. The standard InChI is InChI=1S/C19H18BrN3O3S/c20-14-8-6-13(7-9-14)18(25)26-11-15-10-16(24)23-19(21-15)27-17(22-23)12-4-2-1-3-5-12/h6-10,12H,1-5,11H2. The molecule has 0 saturated heterocycles. The summed E-state index contributed by atoms with van der Waals surface area (Å²) in [6.45, 7) is -0.0443. The third-order valence-corrected chi connectivity index (χ3v) is 6.30. The lowest BCUT2D eigenvalue weighted by Crippen LogP contribution is -2.17. The maximum Gasteiger partial charge on any atom is 0.338 e. The predicted octanol–water partition coefficient (Wildman–Crippen LogP) is 4.32. The number of rotatable bonds is 4. The Morgan fingerprint density at radius 3 is 2.70 bits per heavy atom. The maximum absolute atomic E-state index is 12.4. The maximum atomic E-state index is 12.4. The summed E-state index contributed by atoms with van der Waals surface area (Å²) < 4.78 is 7.54. The number of esters is 1. The Morgan fingerprint density at radius 2 is 1.96 bits per heavy atom. The molecule has 0 atom stereocenters. The van der Waals surface area contributed by atoms with E-state index in [1.807, 2.05) is 0 Å². The first kappa shape index (κ1) is 18.3. The Morgan fingerprint density at radius 1 is 1.22 bits per heavy atom. The van der Waals surface area contributed by atoms with E-state index in [4.69, 9.17) is 4.74 Å². The van der Waals surface area contributed by atoms with Gasteiger partial charge in [-0.2, -0.15) is 9.61 Å². The van der Waals surface area contributed by atoms with Crippen molar-refractivity contribution in [1.29, 1.82) is 0 Å². The zero-order valence-corrected chi connectivity index (χ0v) is 17.0. The fourth-order valence-corrected chi connectivity index (χ4v) is 4.62. The van der Waals surface area contributed by atoms with Gasteiger partial charge in [0, 0.05) is 16.5 Å². The summed E-state index contributed by atoms with van der Waals surface area (Å²) in [6.07, 6.45) is 5.92. The Hall–Kier alpha value is -2.06. The van der Waals surface area contributed by atoms with Crippen molar-refractivity contribution in [3.05, 3.63) is 61.4 Å². The molecule has 1 aliphatic rings. The molecule has 0 amide bonds. The minimum Gasteiger partial charge on any atom is -0.456 e. The lowest BCUT2D eigenvalue weighted by molar-refractivity contribution is 0.0467. The van der Waals surface area contributed by atoms with Crippen LogP contribution in [0, 0.1) is 0 Å². The van der Waals surface area contributed by atoms with E-state index in [0.29, 0.717) is 22.1 Å². The van der Waals surface area contributed by atoms with E-state index in [0.717, 1.165) is 22.3 Å². The quantitative estimate of drug-likeness (QED) is 0.556. The summed E-state index contributed by atoms with van der Waals surface area (Å²) in [6, 6.07) is 8.29. The molecule has 4 rings (SSSR count). The van der Waals surface area contributed by atoms with Crippen LogP contribution in [-0.2, 0) is 11.3 Å². The van der Waals surface area contributed by atoms with Crippen molar-refractivity contribution in [3.8, 4) is 0 Å². The molecule has 0 aliphatic heterocycles. The number of fused-ring (bicyclic) bond motifs is 1. The van der Waals surface area contributed by atoms with Crippen LogP contribution in [0.1, 0.15) is 59.1 Å². The molecular weight excluding hydrogens is 430 g/mol. The predicted molar refractivity (Wildman–Crippen MR) is 106 cm³/mol. The molecule has 2 aromatic heterocycles. The summed E-state index contributed by atoms with van der Waals surface area (Å²) in [5.74, 6) is -0.0276. The van der Waals surface area contributed by atoms with Crippen LogP contribution in [0.15, 0.2) is 39.6 Å². The molecule has 3 aromatic rings. The Bertz CT molecular complexity index is 1020. The minimum atomic E-state index is -0.448. The van der Waals surface area contributed by atoms with Crippen molar-refractivity contribution in [3.63, 3.8) is 0 Å². The summed E-state index contributed by atoms with van der Waals surface area (Å²) in [5.41, 5.74) is 0.644. The molecule has 1 saturated carbocycles. The highest BCUT2D eigenvalue weighted by molar-refractivity contribution is 9.10. The smallest absolute Gasteiger partial charge is 0.338 e. The number of ether oxygens (including phenoxy) is 1. The number of aromatic nitrogens is 3. The van der Waals surface area contributed by atoms with Crippen LogP contribution < -0.4 is 5.56 Å². The molecule has 140 valence electrons. The molecule has 6 nitrogen and oxygen atoms in total. The monoisotopic (exact) mass is 447 g/mol. The van der Waals surface area contributed by atoms with Gasteiger partial charge in [0.25, 0.3) is 5.56 Å². The highest BCUT2D eigenvalue weighted by Gasteiger charge is 2.20. The first-order valence-electron chi connectivity index (χ1n) is 8.92. The number of carbonyl (C=O) groups excluding carboxylic acids is 1. The molecule has 1 aliphatic carbocycles. The topological polar surface area (TPSA) is 73.6 Å². The van der Waals surface area contributed by atoms with Gasteiger partial charge in [0.2, 0.25) is 4.96 Å². The van der Waals surface area contributed by atoms with Crippen molar-refractivity contribution in [1.82, 2.24) is 14.6 Å². The summed E-state index contributed by atoms with van der Waals surface area (Å²) in [7, 11) is 0. The number of halogens is 1. The Labute approximate surface area is 168 Å². The SMILES string of the molecule is O=C(OCc1cc(=O)n2nc(C3CCCCC3)sc2n1)c1ccc(Br)cc1. The van der Waals surface area contributed by atoms with Crippen molar-refractivity contribution in [2.45, 2.75) is 44.6 Å².